The summed E-state index contributed by atoms with van der Waals surface area (Å²) in [5, 5.41) is -1.19. The van der Waals surface area contributed by atoms with Gasteiger partial charge < -0.3 is 4.90 Å². The number of likely N-dealkylation sites (tertiary alicyclic amines) is 1. The molecule has 0 bridgehead atoms. The molecule has 1 heterocycles. The highest BCUT2D eigenvalue weighted by atomic mass is 31.0. The zero-order valence-electron chi connectivity index (χ0n) is 4.30. The third kappa shape index (κ3) is 0.972. The Balaban J connectivity index is 2.31. The summed E-state index contributed by atoms with van der Waals surface area (Å²) in [5.74, 6) is 0. The molecule has 1 amide bonds. The second-order valence-corrected chi connectivity index (χ2v) is 3.08. The maximum absolute atomic E-state index is 12.4. The molecule has 2 nitrogen and oxygen atoms in total. The Morgan fingerprint density at radius 3 is 2.38 bits per heavy atom. The van der Waals surface area contributed by atoms with Crippen molar-refractivity contribution in [2.24, 2.45) is 0 Å². The quantitative estimate of drug-likeness (QED) is 0.366. The average Bonchev–Trinajstić information content (AvgIpc) is 1.60. The number of carbonyl (C=O) groups excluding carboxylic acids is 1. The van der Waals surface area contributed by atoms with E-state index < -0.39 is 5.41 Å². The first-order chi connectivity index (χ1) is 3.64. The van der Waals surface area contributed by atoms with E-state index in [4.69, 9.17) is 0 Å². The summed E-state index contributed by atoms with van der Waals surface area (Å²) >= 11 is 0. The summed E-state index contributed by atoms with van der Waals surface area (Å²) in [6.07, 6.45) is 0.655. The van der Waals surface area contributed by atoms with Crippen molar-refractivity contribution in [3.63, 3.8) is 0 Å². The van der Waals surface area contributed by atoms with Crippen molar-refractivity contribution >= 4 is 15.6 Å². The monoisotopic (exact) mass is 135 g/mol. The molecule has 0 saturated carbocycles. The highest BCUT2D eigenvalue weighted by molar-refractivity contribution is 7.18. The van der Waals surface area contributed by atoms with Gasteiger partial charge in [-0.15, -0.1) is 0 Å². The molecule has 1 fully saturated rings. The molecule has 0 aromatic heterocycles. The van der Waals surface area contributed by atoms with Crippen molar-refractivity contribution in [3.05, 3.63) is 0 Å². The van der Waals surface area contributed by atoms with Gasteiger partial charge in [0.05, 0.1) is 13.1 Å². The van der Waals surface area contributed by atoms with Crippen molar-refractivity contribution in [1.82, 2.24) is 4.90 Å². The second kappa shape index (κ2) is 1.66. The normalized spacial score (nSPS) is 24.5. The van der Waals surface area contributed by atoms with Gasteiger partial charge in [0.25, 0.3) is 0 Å². The van der Waals surface area contributed by atoms with E-state index in [1.807, 2.05) is 0 Å². The van der Waals surface area contributed by atoms with Gasteiger partial charge >= 0.3 is 0 Å². The molecule has 8 heavy (non-hydrogen) atoms. The van der Waals surface area contributed by atoms with Crippen LogP contribution < -0.4 is 0 Å². The van der Waals surface area contributed by atoms with E-state index >= 15 is 0 Å². The zero-order valence-corrected chi connectivity index (χ0v) is 5.46. The van der Waals surface area contributed by atoms with Crippen LogP contribution in [0, 0.1) is 0 Å². The van der Waals surface area contributed by atoms with E-state index in [0.717, 1.165) is 0 Å². The molecule has 4 heteroatoms. The summed E-state index contributed by atoms with van der Waals surface area (Å²) in [7, 11) is 2.06. The topological polar surface area (TPSA) is 20.3 Å². The zero-order chi connectivity index (χ0) is 6.20. The van der Waals surface area contributed by atoms with Crippen molar-refractivity contribution in [1.29, 1.82) is 0 Å². The Bertz CT molecular complexity index is 109. The van der Waals surface area contributed by atoms with Crippen LogP contribution >= 0.6 is 9.24 Å². The molecule has 0 aromatic carbocycles. The van der Waals surface area contributed by atoms with Gasteiger partial charge in [-0.2, -0.15) is 0 Å². The van der Waals surface area contributed by atoms with Gasteiger partial charge in [0.2, 0.25) is 6.41 Å². The summed E-state index contributed by atoms with van der Waals surface area (Å²) in [4.78, 5) is 11.2. The lowest BCUT2D eigenvalue weighted by molar-refractivity contribution is -0.125. The highest BCUT2D eigenvalue weighted by Crippen LogP contribution is 2.30. The number of amides is 1. The van der Waals surface area contributed by atoms with Gasteiger partial charge in [-0.1, -0.05) is 9.24 Å². The summed E-state index contributed by atoms with van der Waals surface area (Å²) in [6, 6.07) is 0. The molecule has 1 rings (SSSR count). The molecular weight excluding hydrogens is 128 g/mol. The van der Waals surface area contributed by atoms with Crippen LogP contribution in [0.15, 0.2) is 0 Å². The minimum absolute atomic E-state index is 0.223. The lowest BCUT2D eigenvalue weighted by atomic mass is 10.2. The molecule has 0 spiro atoms. The number of rotatable bonds is 1. The van der Waals surface area contributed by atoms with Crippen LogP contribution in [0.25, 0.3) is 0 Å². The van der Waals surface area contributed by atoms with Gasteiger partial charge in [0.15, 0.2) is 5.41 Å². The molecule has 0 N–H and O–H groups in total. The maximum atomic E-state index is 12.4. The molecule has 1 aliphatic heterocycles. The van der Waals surface area contributed by atoms with Crippen LogP contribution in [-0.2, 0) is 4.79 Å². The molecule has 0 aliphatic carbocycles. The molecular formula is C4H7FNOP. The van der Waals surface area contributed by atoms with Crippen LogP contribution in [0.2, 0.25) is 0 Å². The Kier molecular flexibility index (Phi) is 1.24. The van der Waals surface area contributed by atoms with Crippen molar-refractivity contribution < 1.29 is 9.18 Å². The molecule has 1 aliphatic rings. The average molecular weight is 135 g/mol. The van der Waals surface area contributed by atoms with Crippen LogP contribution in [-0.4, -0.2) is 29.8 Å². The van der Waals surface area contributed by atoms with Gasteiger partial charge in [-0.25, -0.2) is 4.39 Å². The Hall–Kier alpha value is -0.170. The van der Waals surface area contributed by atoms with Gasteiger partial charge in [0.1, 0.15) is 0 Å². The highest BCUT2D eigenvalue weighted by Gasteiger charge is 2.37. The van der Waals surface area contributed by atoms with Crippen molar-refractivity contribution in [2.45, 2.75) is 5.41 Å². The largest absolute Gasteiger partial charge is 0.338 e. The third-order valence-corrected chi connectivity index (χ3v) is 1.45. The Labute approximate surface area is 49.2 Å². The van der Waals surface area contributed by atoms with E-state index in [1.54, 1.807) is 0 Å². The van der Waals surface area contributed by atoms with Crippen LogP contribution in [0.5, 0.6) is 0 Å². The van der Waals surface area contributed by atoms with Gasteiger partial charge in [-0.05, 0) is 0 Å². The Morgan fingerprint density at radius 1 is 1.75 bits per heavy atom. The predicted molar refractivity (Wildman–Crippen MR) is 31.2 cm³/mol. The molecule has 1 unspecified atom stereocenters. The molecule has 46 valence electrons. The first-order valence-electron chi connectivity index (χ1n) is 2.31. The fraction of sp³-hybridized carbons (Fsp3) is 0.750. The molecule has 0 radical (unpaired) electrons. The lowest BCUT2D eigenvalue weighted by Crippen LogP contribution is -2.54. The van der Waals surface area contributed by atoms with Crippen LogP contribution in [0.3, 0.4) is 0 Å². The van der Waals surface area contributed by atoms with Gasteiger partial charge in [0, 0.05) is 0 Å². The summed E-state index contributed by atoms with van der Waals surface area (Å²) < 4.78 is 12.4. The fourth-order valence-electron chi connectivity index (χ4n) is 0.703. The van der Waals surface area contributed by atoms with E-state index in [1.165, 1.54) is 4.90 Å². The Morgan fingerprint density at radius 2 is 2.25 bits per heavy atom. The molecule has 1 atom stereocenters. The van der Waals surface area contributed by atoms with Crippen molar-refractivity contribution in [3.8, 4) is 0 Å². The number of halogens is 1. The fourth-order valence-corrected chi connectivity index (χ4v) is 1.17. The minimum atomic E-state index is -1.19. The smallest absolute Gasteiger partial charge is 0.209 e. The molecule has 1 saturated heterocycles. The first kappa shape index (κ1) is 5.96. The predicted octanol–water partition coefficient (Wildman–Crippen LogP) is -0.000700. The number of alkyl halides is 1. The van der Waals surface area contributed by atoms with E-state index in [0.29, 0.717) is 6.41 Å². The number of carbonyl (C=O) groups is 1. The standard InChI is InChI=1S/C4H7FNOP/c5-4(8)1-6(2-4)3-7/h3H,1-2,8H2. The minimum Gasteiger partial charge on any atom is -0.338 e. The SMILES string of the molecule is O=CN1CC(F)(P)C1. The van der Waals surface area contributed by atoms with Crippen LogP contribution in [0.1, 0.15) is 0 Å². The summed E-state index contributed by atoms with van der Waals surface area (Å²) in [5.41, 5.74) is 0. The third-order valence-electron chi connectivity index (χ3n) is 1.08. The van der Waals surface area contributed by atoms with Gasteiger partial charge in [-0.3, -0.25) is 4.79 Å². The van der Waals surface area contributed by atoms with E-state index in [-0.39, 0.29) is 13.1 Å². The van der Waals surface area contributed by atoms with E-state index in [2.05, 4.69) is 9.24 Å². The lowest BCUT2D eigenvalue weighted by Gasteiger charge is -2.39. The second-order valence-electron chi connectivity index (χ2n) is 2.05. The number of hydrogen-bond acceptors (Lipinski definition) is 1. The van der Waals surface area contributed by atoms with Crippen molar-refractivity contribution in [2.75, 3.05) is 13.1 Å². The van der Waals surface area contributed by atoms with Crippen LogP contribution in [0.4, 0.5) is 4.39 Å². The number of nitrogens with zero attached hydrogens (tertiary/aromatic N) is 1. The number of hydrogen-bond donors (Lipinski definition) is 0. The maximum Gasteiger partial charge on any atom is 0.209 e. The van der Waals surface area contributed by atoms with E-state index in [9.17, 15) is 9.18 Å². The first-order valence-corrected chi connectivity index (χ1v) is 2.89. The summed E-state index contributed by atoms with van der Waals surface area (Å²) in [6.45, 7) is 0.447. The molecule has 0 aromatic rings.